The van der Waals surface area contributed by atoms with Crippen LogP contribution in [0.15, 0.2) is 24.3 Å². The number of hydrogen-bond acceptors (Lipinski definition) is 4. The van der Waals surface area contributed by atoms with Gasteiger partial charge in [-0.25, -0.2) is 9.59 Å². The van der Waals surface area contributed by atoms with Crippen molar-refractivity contribution in [3.05, 3.63) is 29.8 Å². The molecule has 0 amide bonds. The fourth-order valence-electron chi connectivity index (χ4n) is 3.25. The predicted octanol–water partition coefficient (Wildman–Crippen LogP) is 6.58. The molecule has 0 heterocycles. The highest BCUT2D eigenvalue weighted by molar-refractivity contribution is 6.76. The molecular weight excluding hydrogens is 394 g/mol. The number of carbonyl (C=O) groups excluding carboxylic acids is 1. The molecule has 0 saturated carbocycles. The number of carboxylic acid groups (broad SMARTS) is 1. The smallest absolute Gasteiger partial charge is 0.344 e. The molecule has 1 aromatic rings. The molecular formula is C24H41NO4Si. The Morgan fingerprint density at radius 2 is 1.40 bits per heavy atom. The van der Waals surface area contributed by atoms with Gasteiger partial charge < -0.3 is 15.2 Å². The third-order valence-electron chi connectivity index (χ3n) is 5.18. The Morgan fingerprint density at radius 1 is 0.900 bits per heavy atom. The number of hydrogen-bond donors (Lipinski definition) is 2. The van der Waals surface area contributed by atoms with Crippen LogP contribution < -0.4 is 5.32 Å². The highest BCUT2D eigenvalue weighted by Gasteiger charge is 2.17. The first-order chi connectivity index (χ1) is 14.2. The zero-order valence-corrected chi connectivity index (χ0v) is 20.3. The molecule has 2 N–H and O–H groups in total. The lowest BCUT2D eigenvalue weighted by molar-refractivity contribution is -0.146. The number of aliphatic carboxylic acids is 1. The Morgan fingerprint density at radius 3 is 1.90 bits per heavy atom. The van der Waals surface area contributed by atoms with Crippen LogP contribution in [-0.4, -0.2) is 37.8 Å². The number of benzene rings is 1. The standard InChI is InChI=1S/C24H41NO4Si/c1-20(23(26)27)29-24(28)21-14-16-22(17-15-21)25-18-12-10-8-6-5-7-9-11-13-19-30(2,3)4/h14-17,20,25H,5-13,18-19H2,1-4H3,(H,26,27). The van der Waals surface area contributed by atoms with Crippen molar-refractivity contribution in [3.8, 4) is 0 Å². The van der Waals surface area contributed by atoms with E-state index in [1.54, 1.807) is 12.1 Å². The van der Waals surface area contributed by atoms with E-state index in [1.165, 1.54) is 64.3 Å². The third-order valence-corrected chi connectivity index (χ3v) is 7.04. The van der Waals surface area contributed by atoms with Gasteiger partial charge in [0.2, 0.25) is 0 Å². The van der Waals surface area contributed by atoms with E-state index in [-0.39, 0.29) is 0 Å². The summed E-state index contributed by atoms with van der Waals surface area (Å²) in [6, 6.07) is 8.43. The molecule has 0 aliphatic rings. The largest absolute Gasteiger partial charge is 0.479 e. The van der Waals surface area contributed by atoms with Crippen LogP contribution in [0.3, 0.4) is 0 Å². The van der Waals surface area contributed by atoms with Gasteiger partial charge in [0.1, 0.15) is 0 Å². The summed E-state index contributed by atoms with van der Waals surface area (Å²) in [5, 5.41) is 12.2. The van der Waals surface area contributed by atoms with Crippen LogP contribution >= 0.6 is 0 Å². The van der Waals surface area contributed by atoms with E-state index in [1.807, 2.05) is 12.1 Å². The van der Waals surface area contributed by atoms with Crippen LogP contribution in [0.25, 0.3) is 0 Å². The SMILES string of the molecule is CC(OC(=O)c1ccc(NCCCCCCCCCCC[Si](C)(C)C)cc1)C(=O)O. The summed E-state index contributed by atoms with van der Waals surface area (Å²) in [5.74, 6) is -1.77. The Kier molecular flexibility index (Phi) is 12.4. The van der Waals surface area contributed by atoms with Crippen LogP contribution in [0.4, 0.5) is 5.69 Å². The summed E-state index contributed by atoms with van der Waals surface area (Å²) >= 11 is 0. The zero-order chi connectivity index (χ0) is 22.4. The minimum Gasteiger partial charge on any atom is -0.479 e. The second kappa shape index (κ2) is 14.2. The van der Waals surface area contributed by atoms with Gasteiger partial charge in [-0.05, 0) is 37.6 Å². The molecule has 1 rings (SSSR count). The molecule has 30 heavy (non-hydrogen) atoms. The molecule has 1 unspecified atom stereocenters. The van der Waals surface area contributed by atoms with Crippen LogP contribution in [-0.2, 0) is 9.53 Å². The van der Waals surface area contributed by atoms with Gasteiger partial charge in [-0.2, -0.15) is 0 Å². The van der Waals surface area contributed by atoms with Gasteiger partial charge in [0.05, 0.1) is 5.56 Å². The van der Waals surface area contributed by atoms with Crippen molar-refractivity contribution < 1.29 is 19.4 Å². The molecule has 0 aliphatic carbocycles. The van der Waals surface area contributed by atoms with Gasteiger partial charge in [0.15, 0.2) is 6.10 Å². The second-order valence-electron chi connectivity index (χ2n) is 9.38. The quantitative estimate of drug-likeness (QED) is 0.174. The second-order valence-corrected chi connectivity index (χ2v) is 15.0. The summed E-state index contributed by atoms with van der Waals surface area (Å²) < 4.78 is 4.87. The number of carbonyl (C=O) groups is 2. The van der Waals surface area contributed by atoms with Crippen LogP contribution in [0, 0.1) is 0 Å². The number of ether oxygens (including phenoxy) is 1. The number of anilines is 1. The van der Waals surface area contributed by atoms with Crippen LogP contribution in [0.5, 0.6) is 0 Å². The van der Waals surface area contributed by atoms with Gasteiger partial charge in [-0.3, -0.25) is 0 Å². The molecule has 5 nitrogen and oxygen atoms in total. The first-order valence-electron chi connectivity index (χ1n) is 11.5. The average Bonchev–Trinajstić information content (AvgIpc) is 2.68. The van der Waals surface area contributed by atoms with Gasteiger partial charge >= 0.3 is 11.9 Å². The number of rotatable bonds is 16. The fraction of sp³-hybridized carbons (Fsp3) is 0.667. The van der Waals surface area contributed by atoms with E-state index < -0.39 is 26.1 Å². The van der Waals surface area contributed by atoms with Crippen molar-refractivity contribution in [2.45, 2.75) is 96.5 Å². The molecule has 170 valence electrons. The lowest BCUT2D eigenvalue weighted by Crippen LogP contribution is -2.23. The Balaban J connectivity index is 2.04. The lowest BCUT2D eigenvalue weighted by atomic mass is 10.1. The van der Waals surface area contributed by atoms with Crippen LogP contribution in [0.2, 0.25) is 25.7 Å². The van der Waals surface area contributed by atoms with E-state index in [2.05, 4.69) is 25.0 Å². The third kappa shape index (κ3) is 12.7. The maximum atomic E-state index is 11.9. The summed E-state index contributed by atoms with van der Waals surface area (Å²) in [6.45, 7) is 9.62. The molecule has 0 saturated heterocycles. The normalized spacial score (nSPS) is 12.4. The van der Waals surface area contributed by atoms with Gasteiger partial charge in [-0.15, -0.1) is 0 Å². The van der Waals surface area contributed by atoms with Gasteiger partial charge in [0.25, 0.3) is 0 Å². The zero-order valence-electron chi connectivity index (χ0n) is 19.3. The summed E-state index contributed by atoms with van der Waals surface area (Å²) in [6.07, 6.45) is 10.8. The summed E-state index contributed by atoms with van der Waals surface area (Å²) in [7, 11) is -0.840. The monoisotopic (exact) mass is 435 g/mol. The van der Waals surface area contributed by atoms with Crippen molar-refractivity contribution in [2.75, 3.05) is 11.9 Å². The van der Waals surface area contributed by atoms with E-state index >= 15 is 0 Å². The highest BCUT2D eigenvalue weighted by Crippen LogP contribution is 2.16. The number of unbranched alkanes of at least 4 members (excludes halogenated alkanes) is 8. The molecule has 0 aliphatic heterocycles. The molecule has 0 spiro atoms. The molecule has 0 fully saturated rings. The highest BCUT2D eigenvalue weighted by atomic mass is 28.3. The Bertz CT molecular complexity index is 625. The molecule has 0 aromatic heterocycles. The maximum absolute atomic E-state index is 11.9. The lowest BCUT2D eigenvalue weighted by Gasteiger charge is -2.14. The van der Waals surface area contributed by atoms with E-state index in [0.717, 1.165) is 18.7 Å². The van der Waals surface area contributed by atoms with E-state index in [9.17, 15) is 9.59 Å². The van der Waals surface area contributed by atoms with Gasteiger partial charge in [-0.1, -0.05) is 77.1 Å². The predicted molar refractivity (Wildman–Crippen MR) is 127 cm³/mol. The first-order valence-corrected chi connectivity index (χ1v) is 15.2. The van der Waals surface area contributed by atoms with Crippen LogP contribution in [0.1, 0.15) is 75.1 Å². The van der Waals surface area contributed by atoms with E-state index in [0.29, 0.717) is 5.56 Å². The van der Waals surface area contributed by atoms with Crippen molar-refractivity contribution in [1.29, 1.82) is 0 Å². The summed E-state index contributed by atoms with van der Waals surface area (Å²) in [5.41, 5.74) is 1.31. The minimum atomic E-state index is -1.15. The average molecular weight is 436 g/mol. The number of carboxylic acids is 1. The number of nitrogens with one attached hydrogen (secondary N) is 1. The van der Waals surface area contributed by atoms with Crippen molar-refractivity contribution in [2.24, 2.45) is 0 Å². The molecule has 0 bridgehead atoms. The van der Waals surface area contributed by atoms with E-state index in [4.69, 9.17) is 9.84 Å². The Hall–Kier alpha value is -1.82. The van der Waals surface area contributed by atoms with Gasteiger partial charge in [0, 0.05) is 20.3 Å². The molecule has 1 atom stereocenters. The molecule has 0 radical (unpaired) electrons. The van der Waals surface area contributed by atoms with Crippen molar-refractivity contribution >= 4 is 25.7 Å². The molecule has 6 heteroatoms. The fourth-order valence-corrected chi connectivity index (χ4v) is 4.56. The minimum absolute atomic E-state index is 0.356. The first kappa shape index (κ1) is 26.2. The molecule has 1 aromatic carbocycles. The topological polar surface area (TPSA) is 75.6 Å². The Labute approximate surface area is 183 Å². The van der Waals surface area contributed by atoms with Crippen molar-refractivity contribution in [1.82, 2.24) is 0 Å². The van der Waals surface area contributed by atoms with Crippen molar-refractivity contribution in [3.63, 3.8) is 0 Å². The maximum Gasteiger partial charge on any atom is 0.344 e. The number of esters is 1. The summed E-state index contributed by atoms with van der Waals surface area (Å²) in [4.78, 5) is 22.6.